The van der Waals surface area contributed by atoms with E-state index >= 15 is 0 Å². The lowest BCUT2D eigenvalue weighted by Gasteiger charge is -2.17. The fourth-order valence-corrected chi connectivity index (χ4v) is 2.08. The molecule has 0 aliphatic carbocycles. The van der Waals surface area contributed by atoms with Gasteiger partial charge in [-0.05, 0) is 26.0 Å². The SMILES string of the molecule is COc1ccc(N)c(-n2c(C)cc(=O)cc2C)c1. The Morgan fingerprint density at radius 2 is 1.72 bits per heavy atom. The third-order valence-electron chi connectivity index (χ3n) is 2.89. The Morgan fingerprint density at radius 1 is 1.11 bits per heavy atom. The van der Waals surface area contributed by atoms with Gasteiger partial charge in [-0.15, -0.1) is 0 Å². The van der Waals surface area contributed by atoms with Crippen molar-refractivity contribution in [3.63, 3.8) is 0 Å². The predicted molar refractivity (Wildman–Crippen MR) is 72.5 cm³/mol. The quantitative estimate of drug-likeness (QED) is 0.822. The van der Waals surface area contributed by atoms with E-state index in [1.807, 2.05) is 30.5 Å². The molecule has 18 heavy (non-hydrogen) atoms. The highest BCUT2D eigenvalue weighted by Crippen LogP contribution is 2.25. The monoisotopic (exact) mass is 244 g/mol. The smallest absolute Gasteiger partial charge is 0.182 e. The predicted octanol–water partition coefficient (Wildman–Crippen LogP) is 2.05. The molecule has 0 saturated carbocycles. The average Bonchev–Trinajstić information content (AvgIpc) is 2.30. The van der Waals surface area contributed by atoms with Crippen LogP contribution < -0.4 is 15.9 Å². The molecule has 0 unspecified atom stereocenters. The van der Waals surface area contributed by atoms with Gasteiger partial charge in [-0.3, -0.25) is 4.79 Å². The second-order valence-electron chi connectivity index (χ2n) is 4.23. The van der Waals surface area contributed by atoms with Crippen molar-refractivity contribution in [2.45, 2.75) is 13.8 Å². The van der Waals surface area contributed by atoms with Gasteiger partial charge in [0.15, 0.2) is 5.43 Å². The fourth-order valence-electron chi connectivity index (χ4n) is 2.08. The summed E-state index contributed by atoms with van der Waals surface area (Å²) in [7, 11) is 1.61. The van der Waals surface area contributed by atoms with Gasteiger partial charge in [0.1, 0.15) is 5.75 Å². The molecular weight excluding hydrogens is 228 g/mol. The van der Waals surface area contributed by atoms with Crippen LogP contribution in [0.3, 0.4) is 0 Å². The number of aryl methyl sites for hydroxylation is 2. The van der Waals surface area contributed by atoms with Crippen LogP contribution in [-0.4, -0.2) is 11.7 Å². The number of hydrogen-bond donors (Lipinski definition) is 1. The van der Waals surface area contributed by atoms with Gasteiger partial charge in [-0.2, -0.15) is 0 Å². The molecule has 0 radical (unpaired) electrons. The van der Waals surface area contributed by atoms with E-state index in [0.29, 0.717) is 5.69 Å². The highest BCUT2D eigenvalue weighted by Gasteiger charge is 2.08. The Bertz CT molecular complexity index is 618. The molecule has 4 nitrogen and oxygen atoms in total. The van der Waals surface area contributed by atoms with E-state index in [9.17, 15) is 4.79 Å². The lowest BCUT2D eigenvalue weighted by Crippen LogP contribution is -2.12. The maximum atomic E-state index is 11.4. The molecule has 1 aromatic carbocycles. The molecule has 2 aromatic rings. The molecule has 0 atom stereocenters. The van der Waals surface area contributed by atoms with E-state index in [2.05, 4.69) is 0 Å². The van der Waals surface area contributed by atoms with Gasteiger partial charge in [0.2, 0.25) is 0 Å². The molecule has 0 aliphatic heterocycles. The third kappa shape index (κ3) is 2.09. The lowest BCUT2D eigenvalue weighted by molar-refractivity contribution is 0.414. The first-order valence-corrected chi connectivity index (χ1v) is 5.67. The van der Waals surface area contributed by atoms with Crippen LogP contribution in [0.2, 0.25) is 0 Å². The number of methoxy groups -OCH3 is 1. The first-order valence-electron chi connectivity index (χ1n) is 5.67. The summed E-state index contributed by atoms with van der Waals surface area (Å²) in [5.74, 6) is 0.733. The molecule has 0 fully saturated rings. The lowest BCUT2D eigenvalue weighted by atomic mass is 10.2. The Morgan fingerprint density at radius 3 is 2.28 bits per heavy atom. The zero-order chi connectivity index (χ0) is 13.3. The second-order valence-corrected chi connectivity index (χ2v) is 4.23. The number of benzene rings is 1. The minimum Gasteiger partial charge on any atom is -0.497 e. The highest BCUT2D eigenvalue weighted by molar-refractivity contribution is 5.61. The Labute approximate surface area is 106 Å². The van der Waals surface area contributed by atoms with Crippen molar-refractivity contribution < 1.29 is 4.74 Å². The standard InChI is InChI=1S/C14H16N2O2/c1-9-6-11(17)7-10(2)16(9)14-8-12(18-3)4-5-13(14)15/h4-8H,15H2,1-3H3. The van der Waals surface area contributed by atoms with E-state index in [-0.39, 0.29) is 5.43 Å². The molecule has 1 aromatic heterocycles. The first-order chi connectivity index (χ1) is 8.52. The summed E-state index contributed by atoms with van der Waals surface area (Å²) < 4.78 is 7.15. The van der Waals surface area contributed by atoms with Crippen LogP contribution in [-0.2, 0) is 0 Å². The second kappa shape index (κ2) is 4.56. The molecule has 4 heteroatoms. The molecule has 2 N–H and O–H groups in total. The van der Waals surface area contributed by atoms with E-state index in [1.54, 1.807) is 25.3 Å². The summed E-state index contributed by atoms with van der Waals surface area (Å²) in [4.78, 5) is 11.4. The van der Waals surface area contributed by atoms with Gasteiger partial charge >= 0.3 is 0 Å². The molecule has 0 saturated heterocycles. The summed E-state index contributed by atoms with van der Waals surface area (Å²) in [5.41, 5.74) is 9.16. The van der Waals surface area contributed by atoms with E-state index in [1.165, 1.54) is 0 Å². The van der Waals surface area contributed by atoms with Crippen molar-refractivity contribution in [1.29, 1.82) is 0 Å². The number of anilines is 1. The third-order valence-corrected chi connectivity index (χ3v) is 2.89. The van der Waals surface area contributed by atoms with Crippen molar-refractivity contribution in [3.05, 3.63) is 51.9 Å². The van der Waals surface area contributed by atoms with Crippen LogP contribution in [0.1, 0.15) is 11.4 Å². The number of nitrogens with zero attached hydrogens (tertiary/aromatic N) is 1. The molecule has 0 amide bonds. The van der Waals surface area contributed by atoms with Gasteiger partial charge in [-0.25, -0.2) is 0 Å². The van der Waals surface area contributed by atoms with Gasteiger partial charge in [0.25, 0.3) is 0 Å². The first kappa shape index (κ1) is 12.2. The number of pyridine rings is 1. The molecular formula is C14H16N2O2. The van der Waals surface area contributed by atoms with Crippen LogP contribution in [0, 0.1) is 13.8 Å². The summed E-state index contributed by atoms with van der Waals surface area (Å²) in [6.45, 7) is 3.76. The van der Waals surface area contributed by atoms with Gasteiger partial charge in [0, 0.05) is 29.6 Å². The number of nitrogens with two attached hydrogens (primary N) is 1. The maximum absolute atomic E-state index is 11.4. The number of hydrogen-bond acceptors (Lipinski definition) is 3. The van der Waals surface area contributed by atoms with E-state index in [4.69, 9.17) is 10.5 Å². The summed E-state index contributed by atoms with van der Waals surface area (Å²) in [5, 5.41) is 0. The van der Waals surface area contributed by atoms with Crippen molar-refractivity contribution in [3.8, 4) is 11.4 Å². The van der Waals surface area contributed by atoms with Gasteiger partial charge in [0.05, 0.1) is 18.5 Å². The van der Waals surface area contributed by atoms with Crippen LogP contribution in [0.4, 0.5) is 5.69 Å². The number of aromatic nitrogens is 1. The number of rotatable bonds is 2. The van der Waals surface area contributed by atoms with Gasteiger partial charge < -0.3 is 15.0 Å². The zero-order valence-electron chi connectivity index (χ0n) is 10.7. The zero-order valence-corrected chi connectivity index (χ0v) is 10.7. The molecule has 0 aliphatic rings. The molecule has 0 spiro atoms. The molecule has 1 heterocycles. The molecule has 2 rings (SSSR count). The molecule has 94 valence electrons. The van der Waals surface area contributed by atoms with Crippen molar-refractivity contribution in [2.75, 3.05) is 12.8 Å². The summed E-state index contributed by atoms with van der Waals surface area (Å²) in [6.07, 6.45) is 0. The topological polar surface area (TPSA) is 57.2 Å². The van der Waals surface area contributed by atoms with E-state index in [0.717, 1.165) is 22.8 Å². The Kier molecular flexibility index (Phi) is 3.10. The normalized spacial score (nSPS) is 10.4. The highest BCUT2D eigenvalue weighted by atomic mass is 16.5. The van der Waals surface area contributed by atoms with Crippen LogP contribution in [0.5, 0.6) is 5.75 Å². The van der Waals surface area contributed by atoms with Crippen LogP contribution >= 0.6 is 0 Å². The number of nitrogen functional groups attached to an aromatic ring is 1. The van der Waals surface area contributed by atoms with Crippen LogP contribution in [0.25, 0.3) is 5.69 Å². The Balaban J connectivity index is 2.72. The summed E-state index contributed by atoms with van der Waals surface area (Å²) >= 11 is 0. The maximum Gasteiger partial charge on any atom is 0.182 e. The van der Waals surface area contributed by atoms with Crippen molar-refractivity contribution in [1.82, 2.24) is 4.57 Å². The molecule has 0 bridgehead atoms. The van der Waals surface area contributed by atoms with Crippen LogP contribution in [0.15, 0.2) is 35.1 Å². The number of ether oxygens (including phenoxy) is 1. The minimum absolute atomic E-state index is 0.00252. The van der Waals surface area contributed by atoms with Crippen molar-refractivity contribution in [2.24, 2.45) is 0 Å². The van der Waals surface area contributed by atoms with E-state index < -0.39 is 0 Å². The Hall–Kier alpha value is -2.23. The largest absolute Gasteiger partial charge is 0.497 e. The summed E-state index contributed by atoms with van der Waals surface area (Å²) in [6, 6.07) is 8.65. The fraction of sp³-hybridized carbons (Fsp3) is 0.214. The van der Waals surface area contributed by atoms with Gasteiger partial charge in [-0.1, -0.05) is 0 Å². The average molecular weight is 244 g/mol. The van der Waals surface area contributed by atoms with Crippen molar-refractivity contribution >= 4 is 5.69 Å². The minimum atomic E-state index is 0.00252.